The third-order valence-corrected chi connectivity index (χ3v) is 3.39. The highest BCUT2D eigenvalue weighted by Gasteiger charge is 2.28. The molecule has 0 unspecified atom stereocenters. The molecule has 0 atom stereocenters. The summed E-state index contributed by atoms with van der Waals surface area (Å²) in [5.41, 5.74) is 5.43. The Morgan fingerprint density at radius 1 is 1.36 bits per heavy atom. The topological polar surface area (TPSA) is 63.4 Å². The molecular weight excluding hydrogens is 200 g/mol. The zero-order valence-electron chi connectivity index (χ0n) is 8.78. The van der Waals surface area contributed by atoms with Crippen molar-refractivity contribution in [3.8, 4) is 0 Å². The Morgan fingerprint density at radius 3 is 2.43 bits per heavy atom. The second-order valence-corrected chi connectivity index (χ2v) is 6.30. The lowest BCUT2D eigenvalue weighted by Gasteiger charge is -2.20. The molecule has 5 heteroatoms. The molecule has 0 aromatic heterocycles. The smallest absolute Gasteiger partial charge is 0.148 e. The van der Waals surface area contributed by atoms with Crippen LogP contribution in [0.1, 0.15) is 19.3 Å². The largest absolute Gasteiger partial charge is 0.330 e. The summed E-state index contributed by atoms with van der Waals surface area (Å²) in [6, 6.07) is 0.628. The quantitative estimate of drug-likeness (QED) is 0.648. The Kier molecular flexibility index (Phi) is 4.34. The van der Waals surface area contributed by atoms with Crippen molar-refractivity contribution in [2.45, 2.75) is 25.3 Å². The second kappa shape index (κ2) is 5.09. The van der Waals surface area contributed by atoms with Gasteiger partial charge in [-0.3, -0.25) is 4.90 Å². The minimum atomic E-state index is -2.82. The maximum atomic E-state index is 11.0. The van der Waals surface area contributed by atoms with Crippen molar-refractivity contribution < 1.29 is 8.42 Å². The highest BCUT2D eigenvalue weighted by molar-refractivity contribution is 7.90. The normalized spacial score (nSPS) is 17.6. The second-order valence-electron chi connectivity index (χ2n) is 4.04. The van der Waals surface area contributed by atoms with Crippen LogP contribution in [0.15, 0.2) is 0 Å². The van der Waals surface area contributed by atoms with E-state index < -0.39 is 9.84 Å². The van der Waals surface area contributed by atoms with Crippen molar-refractivity contribution in [3.63, 3.8) is 0 Å². The van der Waals surface area contributed by atoms with E-state index >= 15 is 0 Å². The van der Waals surface area contributed by atoms with E-state index in [0.717, 1.165) is 13.0 Å². The molecular formula is C9H20N2O2S. The maximum Gasteiger partial charge on any atom is 0.148 e. The predicted octanol–water partition coefficient (Wildman–Crippen LogP) is -0.156. The van der Waals surface area contributed by atoms with E-state index in [1.54, 1.807) is 0 Å². The van der Waals surface area contributed by atoms with Crippen LogP contribution in [0.2, 0.25) is 0 Å². The van der Waals surface area contributed by atoms with Crippen LogP contribution in [-0.2, 0) is 9.84 Å². The van der Waals surface area contributed by atoms with Gasteiger partial charge >= 0.3 is 0 Å². The maximum absolute atomic E-state index is 11.0. The molecule has 0 aliphatic heterocycles. The van der Waals surface area contributed by atoms with E-state index in [4.69, 9.17) is 5.73 Å². The van der Waals surface area contributed by atoms with Crippen molar-refractivity contribution >= 4 is 9.84 Å². The highest BCUT2D eigenvalue weighted by atomic mass is 32.2. The number of sulfone groups is 1. The minimum Gasteiger partial charge on any atom is -0.330 e. The molecule has 0 spiro atoms. The summed E-state index contributed by atoms with van der Waals surface area (Å²) in [4.78, 5) is 2.26. The van der Waals surface area contributed by atoms with Gasteiger partial charge in [-0.15, -0.1) is 0 Å². The first-order valence-electron chi connectivity index (χ1n) is 5.15. The van der Waals surface area contributed by atoms with Gasteiger partial charge in [0, 0.05) is 18.8 Å². The van der Waals surface area contributed by atoms with Crippen molar-refractivity contribution in [3.05, 3.63) is 0 Å². The fourth-order valence-electron chi connectivity index (χ4n) is 1.49. The Balaban J connectivity index is 2.28. The van der Waals surface area contributed by atoms with E-state index in [1.807, 2.05) is 0 Å². The molecule has 84 valence electrons. The molecule has 4 nitrogen and oxygen atoms in total. The lowest BCUT2D eigenvalue weighted by atomic mass is 10.3. The first-order chi connectivity index (χ1) is 6.53. The van der Waals surface area contributed by atoms with Crippen LogP contribution in [0, 0.1) is 0 Å². The average molecular weight is 220 g/mol. The zero-order chi connectivity index (χ0) is 10.6. The van der Waals surface area contributed by atoms with Gasteiger partial charge < -0.3 is 5.73 Å². The van der Waals surface area contributed by atoms with Crippen molar-refractivity contribution in [1.29, 1.82) is 0 Å². The summed E-state index contributed by atoms with van der Waals surface area (Å²) in [5, 5.41) is 0. The molecule has 14 heavy (non-hydrogen) atoms. The molecule has 1 aliphatic rings. The van der Waals surface area contributed by atoms with E-state index in [1.165, 1.54) is 19.1 Å². The van der Waals surface area contributed by atoms with E-state index in [-0.39, 0.29) is 5.75 Å². The molecule has 1 saturated carbocycles. The van der Waals surface area contributed by atoms with Gasteiger partial charge in [-0.1, -0.05) is 0 Å². The lowest BCUT2D eigenvalue weighted by molar-refractivity contribution is 0.277. The number of nitrogens with two attached hydrogens (primary N) is 1. The molecule has 0 bridgehead atoms. The molecule has 1 rings (SSSR count). The summed E-state index contributed by atoms with van der Waals surface area (Å²) < 4.78 is 22.0. The molecule has 0 aromatic rings. The van der Waals surface area contributed by atoms with Gasteiger partial charge in [0.1, 0.15) is 9.84 Å². The average Bonchev–Trinajstić information content (AvgIpc) is 2.86. The minimum absolute atomic E-state index is 0.272. The highest BCUT2D eigenvalue weighted by Crippen LogP contribution is 2.26. The number of hydrogen-bond acceptors (Lipinski definition) is 4. The molecule has 0 radical (unpaired) electrons. The predicted molar refractivity (Wildman–Crippen MR) is 58.0 cm³/mol. The Labute approximate surface area is 86.4 Å². The fourth-order valence-corrected chi connectivity index (χ4v) is 2.06. The van der Waals surface area contributed by atoms with Crippen molar-refractivity contribution in [1.82, 2.24) is 4.90 Å². The van der Waals surface area contributed by atoms with Crippen LogP contribution < -0.4 is 5.73 Å². The molecule has 0 heterocycles. The molecule has 2 N–H and O–H groups in total. The van der Waals surface area contributed by atoms with E-state index in [0.29, 0.717) is 19.1 Å². The summed E-state index contributed by atoms with van der Waals surface area (Å²) >= 11 is 0. The van der Waals surface area contributed by atoms with Crippen molar-refractivity contribution in [2.75, 3.05) is 31.6 Å². The summed E-state index contributed by atoms with van der Waals surface area (Å²) in [6.07, 6.45) is 4.68. The van der Waals surface area contributed by atoms with E-state index in [2.05, 4.69) is 4.90 Å². The molecule has 0 saturated heterocycles. The number of hydrogen-bond donors (Lipinski definition) is 1. The van der Waals surface area contributed by atoms with Crippen LogP contribution in [0.4, 0.5) is 0 Å². The van der Waals surface area contributed by atoms with Crippen LogP contribution in [0.25, 0.3) is 0 Å². The Hall–Kier alpha value is -0.130. The van der Waals surface area contributed by atoms with E-state index in [9.17, 15) is 8.42 Å². The van der Waals surface area contributed by atoms with Gasteiger partial charge in [0.15, 0.2) is 0 Å². The monoisotopic (exact) mass is 220 g/mol. The third kappa shape index (κ3) is 4.93. The van der Waals surface area contributed by atoms with Crippen LogP contribution in [0.3, 0.4) is 0 Å². The molecule has 1 aliphatic carbocycles. The SMILES string of the molecule is CS(=O)(=O)CCN(CCCN)C1CC1. The Morgan fingerprint density at radius 2 is 2.00 bits per heavy atom. The zero-order valence-corrected chi connectivity index (χ0v) is 9.59. The van der Waals surface area contributed by atoms with Gasteiger partial charge in [-0.05, 0) is 32.4 Å². The molecule has 0 aromatic carbocycles. The number of rotatable bonds is 7. The third-order valence-electron chi connectivity index (χ3n) is 2.46. The summed E-state index contributed by atoms with van der Waals surface area (Å²) in [7, 11) is -2.82. The van der Waals surface area contributed by atoms with Gasteiger partial charge in [-0.25, -0.2) is 8.42 Å². The number of nitrogens with zero attached hydrogens (tertiary/aromatic N) is 1. The molecule has 1 fully saturated rings. The lowest BCUT2D eigenvalue weighted by Crippen LogP contribution is -2.33. The fraction of sp³-hybridized carbons (Fsp3) is 1.00. The van der Waals surface area contributed by atoms with Crippen molar-refractivity contribution in [2.24, 2.45) is 5.73 Å². The van der Waals surface area contributed by atoms with Gasteiger partial charge in [0.25, 0.3) is 0 Å². The molecule has 0 amide bonds. The van der Waals surface area contributed by atoms with Crippen LogP contribution >= 0.6 is 0 Å². The van der Waals surface area contributed by atoms with Crippen LogP contribution in [0.5, 0.6) is 0 Å². The van der Waals surface area contributed by atoms with Crippen LogP contribution in [-0.4, -0.2) is 51.0 Å². The standard InChI is InChI=1S/C9H20N2O2S/c1-14(12,13)8-7-11(6-2-5-10)9-3-4-9/h9H,2-8,10H2,1H3. The summed E-state index contributed by atoms with van der Waals surface area (Å²) in [5.74, 6) is 0.272. The van der Waals surface area contributed by atoms with Gasteiger partial charge in [0.2, 0.25) is 0 Å². The first-order valence-corrected chi connectivity index (χ1v) is 7.21. The first kappa shape index (κ1) is 11.9. The van der Waals surface area contributed by atoms with Gasteiger partial charge in [-0.2, -0.15) is 0 Å². The summed E-state index contributed by atoms with van der Waals surface area (Å²) in [6.45, 7) is 2.29. The Bertz CT molecular complexity index is 260. The van der Waals surface area contributed by atoms with Gasteiger partial charge in [0.05, 0.1) is 5.75 Å².